The number of nitrogens with two attached hydrogens (primary N) is 1. The number of oxime groups is 1. The summed E-state index contributed by atoms with van der Waals surface area (Å²) in [4.78, 5) is 43.8. The van der Waals surface area contributed by atoms with Gasteiger partial charge in [-0.1, -0.05) is 5.16 Å². The van der Waals surface area contributed by atoms with Gasteiger partial charge in [-0.05, 0) is 0 Å². The van der Waals surface area contributed by atoms with Crippen molar-refractivity contribution in [3.05, 3.63) is 11.1 Å². The van der Waals surface area contributed by atoms with Crippen LogP contribution in [0.2, 0.25) is 0 Å². The van der Waals surface area contributed by atoms with Crippen LogP contribution in [0.1, 0.15) is 5.69 Å². The minimum absolute atomic E-state index is 0.0582. The van der Waals surface area contributed by atoms with Crippen LogP contribution in [0.3, 0.4) is 0 Å². The average Bonchev–Trinajstić information content (AvgIpc) is 3.04. The predicted molar refractivity (Wildman–Crippen MR) is 93.3 cm³/mol. The number of carbonyl (C=O) groups excluding carboxylic acids is 3. The van der Waals surface area contributed by atoms with Crippen molar-refractivity contribution < 1.29 is 45.4 Å². The minimum atomic E-state index is -5.28. The molecule has 1 aliphatic rings. The molecule has 1 saturated heterocycles. The molecular weight excluding hydrogens is 461 g/mol. The number of anilines is 1. The summed E-state index contributed by atoms with van der Waals surface area (Å²) in [6, 6.07) is -3.46. The predicted octanol–water partition coefficient (Wildman–Crippen LogP) is -1.75. The fourth-order valence-electron chi connectivity index (χ4n) is 2.36. The van der Waals surface area contributed by atoms with E-state index < -0.39 is 58.5 Å². The number of carbonyl (C=O) groups is 3. The van der Waals surface area contributed by atoms with Gasteiger partial charge in [0.1, 0.15) is 18.8 Å². The van der Waals surface area contributed by atoms with Gasteiger partial charge in [-0.2, -0.15) is 21.6 Å². The summed E-state index contributed by atoms with van der Waals surface area (Å²) in [5, 5.41) is 8.23. The van der Waals surface area contributed by atoms with Crippen LogP contribution in [-0.2, 0) is 29.5 Å². The van der Waals surface area contributed by atoms with Crippen LogP contribution < -0.4 is 16.4 Å². The molecule has 1 aliphatic heterocycles. The van der Waals surface area contributed by atoms with E-state index in [2.05, 4.69) is 15.0 Å². The molecule has 2 atom stereocenters. The van der Waals surface area contributed by atoms with Gasteiger partial charge in [-0.3, -0.25) is 18.9 Å². The standard InChI is InChI=1S/C12H13F3N6O7S2/c1-28-20-6(4-3-29-11(16)18-4)8(22)19-7-5(2-17-10(24)12(13,14)15)21(9(7)23)30(25,26)27/h3,5,7H,2H2,1H3,(H2,16,18)(H,17,24)(H,19,22)(H,25,26,27)/t5-,7+/m0/s1. The van der Waals surface area contributed by atoms with Gasteiger partial charge in [0, 0.05) is 11.9 Å². The molecule has 0 saturated carbocycles. The first-order valence-electron chi connectivity index (χ1n) is 7.56. The lowest BCUT2D eigenvalue weighted by atomic mass is 9.98. The summed E-state index contributed by atoms with van der Waals surface area (Å²) in [6.07, 6.45) is -5.28. The zero-order chi connectivity index (χ0) is 22.9. The van der Waals surface area contributed by atoms with Crippen LogP contribution in [0.5, 0.6) is 0 Å². The molecule has 18 heteroatoms. The van der Waals surface area contributed by atoms with Crippen molar-refractivity contribution in [2.45, 2.75) is 18.3 Å². The van der Waals surface area contributed by atoms with Crippen molar-refractivity contribution in [1.29, 1.82) is 0 Å². The fraction of sp³-hybridized carbons (Fsp3) is 0.417. The number of nitrogens with zero attached hydrogens (tertiary/aromatic N) is 3. The van der Waals surface area contributed by atoms with Crippen LogP contribution in [0, 0.1) is 0 Å². The van der Waals surface area contributed by atoms with Crippen LogP contribution in [0.15, 0.2) is 10.5 Å². The first kappa shape index (κ1) is 23.3. The third-order valence-corrected chi connectivity index (χ3v) is 5.22. The molecule has 13 nitrogen and oxygen atoms in total. The first-order chi connectivity index (χ1) is 13.8. The molecule has 2 rings (SSSR count). The molecule has 0 bridgehead atoms. The molecule has 0 unspecified atom stereocenters. The Balaban J connectivity index is 2.22. The second-order valence-electron chi connectivity index (χ2n) is 5.53. The maximum Gasteiger partial charge on any atom is 0.471 e. The second-order valence-corrected chi connectivity index (χ2v) is 7.71. The van der Waals surface area contributed by atoms with Gasteiger partial charge < -0.3 is 21.2 Å². The lowest BCUT2D eigenvalue weighted by Crippen LogP contribution is -2.74. The molecule has 0 aromatic carbocycles. The van der Waals surface area contributed by atoms with Crippen LogP contribution in [-0.4, -0.2) is 77.6 Å². The lowest BCUT2D eigenvalue weighted by Gasteiger charge is -2.44. The van der Waals surface area contributed by atoms with Crippen molar-refractivity contribution in [3.8, 4) is 0 Å². The Labute approximate surface area is 169 Å². The lowest BCUT2D eigenvalue weighted by molar-refractivity contribution is -0.174. The number of halogens is 3. The first-order valence-corrected chi connectivity index (χ1v) is 9.84. The Bertz CT molecular complexity index is 993. The highest BCUT2D eigenvalue weighted by atomic mass is 32.2. The van der Waals surface area contributed by atoms with E-state index >= 15 is 0 Å². The summed E-state index contributed by atoms with van der Waals surface area (Å²) >= 11 is 0.942. The third kappa shape index (κ3) is 4.94. The van der Waals surface area contributed by atoms with Gasteiger partial charge in [0.25, 0.3) is 11.8 Å². The van der Waals surface area contributed by atoms with Crippen molar-refractivity contribution in [2.75, 3.05) is 19.4 Å². The SMILES string of the molecule is CON=C(C(=O)N[C@H]1C(=O)N(S(=O)(=O)O)[C@H]1CNC(=O)C(F)(F)F)c1csc(N)n1. The number of nitrogens with one attached hydrogen (secondary N) is 2. The van der Waals surface area contributed by atoms with Gasteiger partial charge in [-0.25, -0.2) is 9.29 Å². The maximum atomic E-state index is 12.4. The van der Waals surface area contributed by atoms with Crippen molar-refractivity contribution >= 4 is 50.2 Å². The smallest absolute Gasteiger partial charge is 0.398 e. The van der Waals surface area contributed by atoms with Gasteiger partial charge in [0.15, 0.2) is 10.8 Å². The number of hydrogen-bond acceptors (Lipinski definition) is 10. The maximum absolute atomic E-state index is 12.4. The molecule has 3 amide bonds. The summed E-state index contributed by atoms with van der Waals surface area (Å²) in [6.45, 7) is -1.05. The monoisotopic (exact) mass is 474 g/mol. The molecule has 30 heavy (non-hydrogen) atoms. The number of thiazole rings is 1. The zero-order valence-corrected chi connectivity index (χ0v) is 16.3. The number of alkyl halides is 3. The normalized spacial score (nSPS) is 19.8. The van der Waals surface area contributed by atoms with Gasteiger partial charge in [0.05, 0.1) is 6.04 Å². The van der Waals surface area contributed by atoms with Crippen LogP contribution in [0.4, 0.5) is 18.3 Å². The Morgan fingerprint density at radius 2 is 2.10 bits per heavy atom. The van der Waals surface area contributed by atoms with Crippen LogP contribution in [0.25, 0.3) is 0 Å². The van der Waals surface area contributed by atoms with E-state index in [4.69, 9.17) is 10.3 Å². The van der Waals surface area contributed by atoms with Gasteiger partial charge in [-0.15, -0.1) is 11.3 Å². The number of aromatic nitrogens is 1. The van der Waals surface area contributed by atoms with E-state index in [-0.39, 0.29) is 15.1 Å². The Hall–Kier alpha value is -2.99. The zero-order valence-electron chi connectivity index (χ0n) is 14.7. The van der Waals surface area contributed by atoms with E-state index in [9.17, 15) is 36.0 Å². The van der Waals surface area contributed by atoms with Crippen molar-refractivity contribution in [1.82, 2.24) is 19.9 Å². The fourth-order valence-corrected chi connectivity index (χ4v) is 3.79. The molecule has 166 valence electrons. The molecule has 0 radical (unpaired) electrons. The van der Waals surface area contributed by atoms with Gasteiger partial charge in [0.2, 0.25) is 0 Å². The molecule has 1 fully saturated rings. The van der Waals surface area contributed by atoms with Crippen molar-refractivity contribution in [2.24, 2.45) is 5.16 Å². The molecule has 0 aliphatic carbocycles. The average molecular weight is 474 g/mol. The highest BCUT2D eigenvalue weighted by molar-refractivity contribution is 7.84. The summed E-state index contributed by atoms with van der Waals surface area (Å²) in [5.74, 6) is -4.88. The summed E-state index contributed by atoms with van der Waals surface area (Å²) in [7, 11) is -4.09. The summed E-state index contributed by atoms with van der Waals surface area (Å²) < 4.78 is 68.6. The topological polar surface area (TPSA) is 193 Å². The van der Waals surface area contributed by atoms with Gasteiger partial charge >= 0.3 is 22.4 Å². The van der Waals surface area contributed by atoms with E-state index in [0.29, 0.717) is 0 Å². The quantitative estimate of drug-likeness (QED) is 0.153. The minimum Gasteiger partial charge on any atom is -0.398 e. The number of nitrogen functional groups attached to an aromatic ring is 1. The molecular formula is C12H13F3N6O7S2. The van der Waals surface area contributed by atoms with E-state index in [1.165, 1.54) is 10.7 Å². The molecule has 5 N–H and O–H groups in total. The Morgan fingerprint density at radius 1 is 1.47 bits per heavy atom. The Morgan fingerprint density at radius 3 is 2.57 bits per heavy atom. The Kier molecular flexibility index (Phi) is 6.52. The molecule has 0 spiro atoms. The highest BCUT2D eigenvalue weighted by Crippen LogP contribution is 2.24. The van der Waals surface area contributed by atoms with E-state index in [0.717, 1.165) is 18.4 Å². The molecule has 2 heterocycles. The molecule has 1 aromatic rings. The second kappa shape index (κ2) is 8.40. The number of amides is 3. The number of rotatable bonds is 7. The van der Waals surface area contributed by atoms with E-state index in [1.54, 1.807) is 0 Å². The van der Waals surface area contributed by atoms with E-state index in [1.807, 2.05) is 5.32 Å². The number of hydrogen-bond donors (Lipinski definition) is 4. The largest absolute Gasteiger partial charge is 0.471 e. The molecule has 1 aromatic heterocycles. The number of β-lactam (4-membered cyclic amide) rings is 1. The van der Waals surface area contributed by atoms with Crippen LogP contribution >= 0.6 is 11.3 Å². The summed E-state index contributed by atoms with van der Waals surface area (Å²) in [5.41, 5.74) is 4.93. The highest BCUT2D eigenvalue weighted by Gasteiger charge is 2.54. The van der Waals surface area contributed by atoms with Crippen molar-refractivity contribution in [3.63, 3.8) is 0 Å². The third-order valence-electron chi connectivity index (χ3n) is 3.60.